The number of benzene rings is 1. The van der Waals surface area contributed by atoms with E-state index in [0.717, 1.165) is 11.1 Å². The molecular weight excluding hydrogens is 352 g/mol. The summed E-state index contributed by atoms with van der Waals surface area (Å²) >= 11 is 0. The Hall–Kier alpha value is -2.95. The van der Waals surface area contributed by atoms with Crippen molar-refractivity contribution in [3.63, 3.8) is 0 Å². The third-order valence-electron chi connectivity index (χ3n) is 4.93. The third kappa shape index (κ3) is 4.66. The van der Waals surface area contributed by atoms with Crippen LogP contribution in [0.4, 0.5) is 4.79 Å². The van der Waals surface area contributed by atoms with Crippen LogP contribution in [-0.4, -0.2) is 40.7 Å². The Morgan fingerprint density at radius 1 is 1.04 bits per heavy atom. The van der Waals surface area contributed by atoms with Gasteiger partial charge in [0.15, 0.2) is 0 Å². The van der Waals surface area contributed by atoms with Crippen LogP contribution in [0, 0.1) is 5.41 Å². The Morgan fingerprint density at radius 2 is 1.64 bits per heavy atom. The van der Waals surface area contributed by atoms with Gasteiger partial charge in [-0.1, -0.05) is 66.8 Å². The second-order valence-electron chi connectivity index (χ2n) is 7.27. The van der Waals surface area contributed by atoms with E-state index in [-0.39, 0.29) is 13.1 Å². The Kier molecular flexibility index (Phi) is 7.10. The molecule has 1 aromatic rings. The molecule has 1 heterocycles. The average Bonchev–Trinajstić information content (AvgIpc) is 2.70. The van der Waals surface area contributed by atoms with E-state index < -0.39 is 23.3 Å². The molecule has 1 aliphatic heterocycles. The fourth-order valence-corrected chi connectivity index (χ4v) is 3.12. The van der Waals surface area contributed by atoms with E-state index >= 15 is 0 Å². The molecule has 0 aliphatic carbocycles. The standard InChI is InChI=1S/C23H28N2O3/c1-5-7-11-18(6-2)14-16-24-20(26)23(3,4)21(27)25(22(24)28)17-15-19-12-9-8-10-13-19/h5-13H,1,14-17H2,2-4H3. The van der Waals surface area contributed by atoms with Crippen LogP contribution >= 0.6 is 0 Å². The van der Waals surface area contributed by atoms with Crippen molar-refractivity contribution in [1.29, 1.82) is 0 Å². The van der Waals surface area contributed by atoms with Gasteiger partial charge in [-0.25, -0.2) is 4.79 Å². The fourth-order valence-electron chi connectivity index (χ4n) is 3.12. The monoisotopic (exact) mass is 380 g/mol. The lowest BCUT2D eigenvalue weighted by Crippen LogP contribution is -2.63. The van der Waals surface area contributed by atoms with Crippen LogP contribution in [0.2, 0.25) is 0 Å². The largest absolute Gasteiger partial charge is 0.333 e. The van der Waals surface area contributed by atoms with Gasteiger partial charge in [0, 0.05) is 13.1 Å². The molecule has 4 amide bonds. The van der Waals surface area contributed by atoms with Crippen LogP contribution in [0.5, 0.6) is 0 Å². The molecule has 28 heavy (non-hydrogen) atoms. The summed E-state index contributed by atoms with van der Waals surface area (Å²) in [5, 5.41) is 0. The zero-order valence-electron chi connectivity index (χ0n) is 16.9. The predicted octanol–water partition coefficient (Wildman–Crippen LogP) is 4.12. The van der Waals surface area contributed by atoms with Crippen LogP contribution in [0.25, 0.3) is 0 Å². The fraction of sp³-hybridized carbons (Fsp3) is 0.348. The van der Waals surface area contributed by atoms with E-state index in [1.54, 1.807) is 19.9 Å². The minimum absolute atomic E-state index is 0.234. The number of carbonyl (C=O) groups excluding carboxylic acids is 3. The highest BCUT2D eigenvalue weighted by atomic mass is 16.2. The van der Waals surface area contributed by atoms with Crippen molar-refractivity contribution in [2.75, 3.05) is 13.1 Å². The molecule has 1 saturated heterocycles. The number of rotatable bonds is 8. The minimum atomic E-state index is -1.25. The summed E-state index contributed by atoms with van der Waals surface area (Å²) in [7, 11) is 0. The van der Waals surface area contributed by atoms with Gasteiger partial charge in [0.2, 0.25) is 11.8 Å². The quantitative estimate of drug-likeness (QED) is 0.503. The summed E-state index contributed by atoms with van der Waals surface area (Å²) in [5.74, 6) is -0.880. The molecule has 148 valence electrons. The summed E-state index contributed by atoms with van der Waals surface area (Å²) in [6, 6.07) is 9.14. The number of allylic oxidation sites excluding steroid dienone is 4. The molecule has 0 atom stereocenters. The summed E-state index contributed by atoms with van der Waals surface area (Å²) in [6.07, 6.45) is 8.40. The average molecular weight is 380 g/mol. The number of hydrogen-bond acceptors (Lipinski definition) is 3. The Labute approximate surface area is 167 Å². The molecule has 0 unspecified atom stereocenters. The zero-order chi connectivity index (χ0) is 20.7. The molecule has 0 bridgehead atoms. The third-order valence-corrected chi connectivity index (χ3v) is 4.93. The first-order valence-electron chi connectivity index (χ1n) is 9.49. The molecule has 1 aliphatic rings. The number of barbiturate groups is 1. The van der Waals surface area contributed by atoms with Crippen molar-refractivity contribution < 1.29 is 14.4 Å². The first kappa shape index (κ1) is 21.4. The summed E-state index contributed by atoms with van der Waals surface area (Å²) in [5.41, 5.74) is 0.777. The van der Waals surface area contributed by atoms with Crippen LogP contribution in [0.1, 0.15) is 32.8 Å². The molecule has 5 nitrogen and oxygen atoms in total. The Morgan fingerprint density at radius 3 is 2.21 bits per heavy atom. The summed E-state index contributed by atoms with van der Waals surface area (Å²) < 4.78 is 0. The second-order valence-corrected chi connectivity index (χ2v) is 7.27. The number of urea groups is 1. The lowest BCUT2D eigenvalue weighted by Gasteiger charge is -2.40. The normalized spacial score (nSPS) is 17.5. The maximum absolute atomic E-state index is 12.9. The highest BCUT2D eigenvalue weighted by molar-refractivity contribution is 6.18. The first-order valence-corrected chi connectivity index (χ1v) is 9.49. The molecule has 0 spiro atoms. The van der Waals surface area contributed by atoms with Gasteiger partial charge in [-0.3, -0.25) is 19.4 Å². The highest BCUT2D eigenvalue weighted by Crippen LogP contribution is 2.29. The van der Waals surface area contributed by atoms with Crippen molar-refractivity contribution in [3.8, 4) is 0 Å². The SMILES string of the molecule is C=CC=CC(=CC)CCN1C(=O)N(CCc2ccccc2)C(=O)C(C)(C)C1=O. The lowest BCUT2D eigenvalue weighted by molar-refractivity contribution is -0.156. The van der Waals surface area contributed by atoms with Gasteiger partial charge in [0.05, 0.1) is 0 Å². The maximum Gasteiger partial charge on any atom is 0.333 e. The summed E-state index contributed by atoms with van der Waals surface area (Å²) in [4.78, 5) is 40.9. The minimum Gasteiger partial charge on any atom is -0.273 e. The molecular formula is C23H28N2O3. The highest BCUT2D eigenvalue weighted by Gasteiger charge is 2.51. The van der Waals surface area contributed by atoms with Crippen LogP contribution < -0.4 is 0 Å². The molecule has 0 N–H and O–H groups in total. The van der Waals surface area contributed by atoms with E-state index in [2.05, 4.69) is 6.58 Å². The van der Waals surface area contributed by atoms with Gasteiger partial charge >= 0.3 is 6.03 Å². The van der Waals surface area contributed by atoms with E-state index in [1.165, 1.54) is 9.80 Å². The topological polar surface area (TPSA) is 57.7 Å². The van der Waals surface area contributed by atoms with Crippen molar-refractivity contribution in [2.45, 2.75) is 33.6 Å². The van der Waals surface area contributed by atoms with Gasteiger partial charge in [0.25, 0.3) is 0 Å². The van der Waals surface area contributed by atoms with Crippen LogP contribution in [0.15, 0.2) is 66.8 Å². The molecule has 0 radical (unpaired) electrons. The summed E-state index contributed by atoms with van der Waals surface area (Å²) in [6.45, 7) is 9.21. The number of imide groups is 2. The predicted molar refractivity (Wildman–Crippen MR) is 110 cm³/mol. The van der Waals surface area contributed by atoms with E-state index in [4.69, 9.17) is 0 Å². The molecule has 0 saturated carbocycles. The van der Waals surface area contributed by atoms with Crippen molar-refractivity contribution in [3.05, 3.63) is 72.4 Å². The second kappa shape index (κ2) is 9.31. The molecule has 5 heteroatoms. The van der Waals surface area contributed by atoms with Crippen LogP contribution in [-0.2, 0) is 16.0 Å². The lowest BCUT2D eigenvalue weighted by atomic mass is 9.87. The number of nitrogens with zero attached hydrogens (tertiary/aromatic N) is 2. The number of carbonyl (C=O) groups is 3. The van der Waals surface area contributed by atoms with Gasteiger partial charge in [-0.2, -0.15) is 0 Å². The van der Waals surface area contributed by atoms with E-state index in [0.29, 0.717) is 12.8 Å². The Balaban J connectivity index is 2.17. The van der Waals surface area contributed by atoms with Crippen LogP contribution in [0.3, 0.4) is 0 Å². The first-order chi connectivity index (χ1) is 13.3. The molecule has 1 fully saturated rings. The number of hydrogen-bond donors (Lipinski definition) is 0. The smallest absolute Gasteiger partial charge is 0.273 e. The molecule has 1 aromatic carbocycles. The van der Waals surface area contributed by atoms with Gasteiger partial charge in [-0.15, -0.1) is 0 Å². The maximum atomic E-state index is 12.9. The van der Waals surface area contributed by atoms with Gasteiger partial charge in [-0.05, 0) is 39.2 Å². The number of amides is 4. The Bertz CT molecular complexity index is 806. The molecule has 2 rings (SSSR count). The van der Waals surface area contributed by atoms with Gasteiger partial charge in [0.1, 0.15) is 5.41 Å². The molecule has 0 aromatic heterocycles. The van der Waals surface area contributed by atoms with E-state index in [1.807, 2.05) is 55.5 Å². The zero-order valence-corrected chi connectivity index (χ0v) is 16.9. The van der Waals surface area contributed by atoms with Gasteiger partial charge < -0.3 is 0 Å². The van der Waals surface area contributed by atoms with Crippen molar-refractivity contribution in [1.82, 2.24) is 9.80 Å². The van der Waals surface area contributed by atoms with Crippen molar-refractivity contribution >= 4 is 17.8 Å². The van der Waals surface area contributed by atoms with Crippen molar-refractivity contribution in [2.24, 2.45) is 5.41 Å². The van der Waals surface area contributed by atoms with E-state index in [9.17, 15) is 14.4 Å².